The van der Waals surface area contributed by atoms with E-state index in [2.05, 4.69) is 25.1 Å². The van der Waals surface area contributed by atoms with Crippen molar-refractivity contribution in [1.82, 2.24) is 0 Å². The summed E-state index contributed by atoms with van der Waals surface area (Å²) in [4.78, 5) is 27.1. The molecule has 208 valence electrons. The van der Waals surface area contributed by atoms with E-state index >= 15 is 0 Å². The fraction of sp³-hybridized carbons (Fsp3) is 0.226. The zero-order valence-electron chi connectivity index (χ0n) is 22.4. The summed E-state index contributed by atoms with van der Waals surface area (Å²) in [6.45, 7) is 4.04. The largest absolute Gasteiger partial charge is 0.384 e. The monoisotopic (exact) mass is 604 g/mol. The molecular formula is C31H26Cl2N4O3S. The molecule has 3 aromatic carbocycles. The topological polar surface area (TPSA) is 113 Å². The fourth-order valence-electron chi connectivity index (χ4n) is 5.54. The highest BCUT2D eigenvalue weighted by Crippen LogP contribution is 2.48. The highest BCUT2D eigenvalue weighted by Gasteiger charge is 2.41. The summed E-state index contributed by atoms with van der Waals surface area (Å²) in [7, 11) is 0. The van der Waals surface area contributed by atoms with Gasteiger partial charge in [0.25, 0.3) is 5.69 Å². The molecule has 2 aliphatic rings. The number of benzene rings is 3. The lowest BCUT2D eigenvalue weighted by Gasteiger charge is -2.40. The molecule has 41 heavy (non-hydrogen) atoms. The number of Topliss-reactive ketones (excluding diaryl/α,β-unsaturated/α-hetero) is 1. The van der Waals surface area contributed by atoms with Gasteiger partial charge in [-0.05, 0) is 79.3 Å². The second-order valence-electron chi connectivity index (χ2n) is 10.1. The number of nitro benzene ring substituents is 1. The van der Waals surface area contributed by atoms with Crippen molar-refractivity contribution in [3.8, 4) is 6.07 Å². The Morgan fingerprint density at radius 1 is 1.10 bits per heavy atom. The first-order valence-electron chi connectivity index (χ1n) is 13.0. The molecule has 0 spiro atoms. The number of aryl methyl sites for hydroxylation is 2. The van der Waals surface area contributed by atoms with Crippen LogP contribution in [-0.2, 0) is 10.5 Å². The molecule has 1 aliphatic heterocycles. The van der Waals surface area contributed by atoms with Crippen molar-refractivity contribution in [2.75, 3.05) is 4.90 Å². The third-order valence-electron chi connectivity index (χ3n) is 7.54. The van der Waals surface area contributed by atoms with Crippen LogP contribution in [0.2, 0.25) is 10.0 Å². The van der Waals surface area contributed by atoms with Crippen LogP contribution in [0.4, 0.5) is 11.4 Å². The smallest absolute Gasteiger partial charge is 0.271 e. The molecular weight excluding hydrogens is 579 g/mol. The van der Waals surface area contributed by atoms with Crippen LogP contribution < -0.4 is 10.6 Å². The van der Waals surface area contributed by atoms with E-state index in [1.165, 1.54) is 18.2 Å². The van der Waals surface area contributed by atoms with Crippen molar-refractivity contribution in [2.45, 2.75) is 49.7 Å². The first-order valence-corrected chi connectivity index (χ1v) is 14.7. The molecule has 5 rings (SSSR count). The number of hydrogen-bond donors (Lipinski definition) is 1. The van der Waals surface area contributed by atoms with Crippen molar-refractivity contribution in [3.63, 3.8) is 0 Å². The number of nitrogens with two attached hydrogens (primary N) is 1. The molecule has 0 fully saturated rings. The van der Waals surface area contributed by atoms with Crippen molar-refractivity contribution < 1.29 is 9.72 Å². The van der Waals surface area contributed by atoms with Gasteiger partial charge < -0.3 is 5.73 Å². The van der Waals surface area contributed by atoms with Crippen LogP contribution in [0.5, 0.6) is 0 Å². The first-order chi connectivity index (χ1) is 19.6. The second-order valence-corrected chi connectivity index (χ2v) is 12.0. The molecule has 0 aromatic heterocycles. The van der Waals surface area contributed by atoms with E-state index in [4.69, 9.17) is 28.9 Å². The van der Waals surface area contributed by atoms with Gasteiger partial charge in [0.2, 0.25) is 0 Å². The summed E-state index contributed by atoms with van der Waals surface area (Å²) in [5.74, 6) is 0.185. The number of carbonyl (C=O) groups excluding carboxylic acids is 1. The maximum absolute atomic E-state index is 13.6. The Morgan fingerprint density at radius 3 is 2.49 bits per heavy atom. The maximum Gasteiger partial charge on any atom is 0.271 e. The molecule has 0 radical (unpaired) electrons. The molecule has 1 unspecified atom stereocenters. The van der Waals surface area contributed by atoms with Crippen molar-refractivity contribution in [2.24, 2.45) is 5.73 Å². The van der Waals surface area contributed by atoms with Gasteiger partial charge in [-0.3, -0.25) is 19.8 Å². The van der Waals surface area contributed by atoms with E-state index in [1.807, 2.05) is 31.2 Å². The van der Waals surface area contributed by atoms with E-state index in [1.54, 1.807) is 16.7 Å². The van der Waals surface area contributed by atoms with Crippen molar-refractivity contribution in [3.05, 3.63) is 120 Å². The molecule has 1 aliphatic carbocycles. The third kappa shape index (κ3) is 5.45. The van der Waals surface area contributed by atoms with Gasteiger partial charge in [-0.1, -0.05) is 35.3 Å². The van der Waals surface area contributed by atoms with Gasteiger partial charge in [0.1, 0.15) is 5.82 Å². The zero-order chi connectivity index (χ0) is 29.4. The summed E-state index contributed by atoms with van der Waals surface area (Å²) in [5.41, 5.74) is 12.4. The van der Waals surface area contributed by atoms with E-state index in [9.17, 15) is 20.2 Å². The molecule has 1 atom stereocenters. The quantitative estimate of drug-likeness (QED) is 0.172. The summed E-state index contributed by atoms with van der Waals surface area (Å²) < 4.78 is 0. The van der Waals surface area contributed by atoms with Crippen LogP contribution >= 0.6 is 35.0 Å². The van der Waals surface area contributed by atoms with Crippen LogP contribution in [-0.4, -0.2) is 10.7 Å². The molecule has 0 amide bonds. The minimum Gasteiger partial charge on any atom is -0.384 e. The van der Waals surface area contributed by atoms with Gasteiger partial charge in [-0.15, -0.1) is 11.8 Å². The number of carbonyl (C=O) groups is 1. The van der Waals surface area contributed by atoms with E-state index in [0.717, 1.165) is 27.1 Å². The number of nitro groups is 1. The number of nitriles is 1. The Morgan fingerprint density at radius 2 is 1.83 bits per heavy atom. The lowest BCUT2D eigenvalue weighted by Crippen LogP contribution is -2.39. The number of halogens is 2. The second kappa shape index (κ2) is 11.6. The zero-order valence-corrected chi connectivity index (χ0v) is 24.7. The normalized spacial score (nSPS) is 17.0. The van der Waals surface area contributed by atoms with Gasteiger partial charge in [-0.2, -0.15) is 5.26 Å². The van der Waals surface area contributed by atoms with Crippen LogP contribution in [0.25, 0.3) is 0 Å². The first kappa shape index (κ1) is 28.7. The number of nitrogens with zero attached hydrogens (tertiary/aromatic N) is 3. The average molecular weight is 606 g/mol. The van der Waals surface area contributed by atoms with Crippen molar-refractivity contribution in [1.29, 1.82) is 5.26 Å². The molecule has 2 N–H and O–H groups in total. The number of hydrogen-bond acceptors (Lipinski definition) is 7. The lowest BCUT2D eigenvalue weighted by molar-refractivity contribution is -0.384. The Balaban J connectivity index is 1.63. The summed E-state index contributed by atoms with van der Waals surface area (Å²) in [6, 6.07) is 18.2. The molecule has 7 nitrogen and oxygen atoms in total. The predicted octanol–water partition coefficient (Wildman–Crippen LogP) is 8.12. The van der Waals surface area contributed by atoms with Gasteiger partial charge >= 0.3 is 0 Å². The fourth-order valence-corrected chi connectivity index (χ4v) is 6.88. The predicted molar refractivity (Wildman–Crippen MR) is 163 cm³/mol. The minimum absolute atomic E-state index is 0.0448. The van der Waals surface area contributed by atoms with Crippen LogP contribution in [0, 0.1) is 35.3 Å². The third-order valence-corrected chi connectivity index (χ3v) is 9.16. The summed E-state index contributed by atoms with van der Waals surface area (Å²) in [6.07, 6.45) is 1.53. The van der Waals surface area contributed by atoms with Gasteiger partial charge in [0.15, 0.2) is 5.78 Å². The Bertz CT molecular complexity index is 1690. The van der Waals surface area contributed by atoms with Crippen LogP contribution in [0.15, 0.2) is 82.2 Å². The Hall–Kier alpha value is -3.77. The number of allylic oxidation sites excluding steroid dienone is 3. The molecule has 0 bridgehead atoms. The molecule has 0 saturated heterocycles. The van der Waals surface area contributed by atoms with Gasteiger partial charge in [-0.25, -0.2) is 0 Å². The van der Waals surface area contributed by atoms with Gasteiger partial charge in [0.05, 0.1) is 33.2 Å². The van der Waals surface area contributed by atoms with E-state index < -0.39 is 10.8 Å². The number of ketones is 1. The summed E-state index contributed by atoms with van der Waals surface area (Å²) >= 11 is 14.2. The Labute approximate surface area is 252 Å². The molecule has 0 saturated carbocycles. The number of anilines is 1. The van der Waals surface area contributed by atoms with Crippen LogP contribution in [0.3, 0.4) is 0 Å². The lowest BCUT2D eigenvalue weighted by atomic mass is 9.74. The highest BCUT2D eigenvalue weighted by atomic mass is 35.5. The standard InChI is InChI=1S/C31H26Cl2N4O3S/c1-17-12-18(2)23(13-19(17)16-41-22-9-6-20(32)7-10-22)29-24(15-34)31(35)36(27-4-3-5-28(38)30(27)29)26-11-8-21(37(39)40)14-25(26)33/h6-14,29H,3-5,16,35H2,1-2H3. The van der Waals surface area contributed by atoms with Crippen molar-refractivity contribution >= 4 is 52.1 Å². The number of non-ortho nitro benzene ring substituents is 1. The highest BCUT2D eigenvalue weighted by molar-refractivity contribution is 7.98. The molecule has 3 aromatic rings. The molecule has 1 heterocycles. The SMILES string of the molecule is Cc1cc(C)c(C2C(C#N)=C(N)N(c3ccc([N+](=O)[O-])cc3Cl)C3=C2C(=O)CCC3)cc1CSc1ccc(Cl)cc1. The maximum atomic E-state index is 13.6. The Kier molecular flexibility index (Phi) is 8.14. The molecule has 10 heteroatoms. The summed E-state index contributed by atoms with van der Waals surface area (Å²) in [5, 5.41) is 22.5. The minimum atomic E-state index is -0.629. The average Bonchev–Trinajstić information content (AvgIpc) is 2.93. The van der Waals surface area contributed by atoms with Gasteiger partial charge in [0, 0.05) is 45.5 Å². The van der Waals surface area contributed by atoms with Crippen LogP contribution in [0.1, 0.15) is 47.4 Å². The van der Waals surface area contributed by atoms with E-state index in [-0.39, 0.29) is 27.9 Å². The van der Waals surface area contributed by atoms with E-state index in [0.29, 0.717) is 47.0 Å². The number of thioether (sulfide) groups is 1. The number of rotatable bonds is 6.